The summed E-state index contributed by atoms with van der Waals surface area (Å²) in [7, 11) is -3.57. The molecule has 15 heavy (non-hydrogen) atoms. The molecule has 8 heteroatoms. The Morgan fingerprint density at radius 2 is 2.13 bits per heavy atom. The Labute approximate surface area is 107 Å². The fourth-order valence-corrected chi connectivity index (χ4v) is 3.40. The molecule has 86 valence electrons. The molecular formula is C7H7Cl3O3S2. The van der Waals surface area contributed by atoms with E-state index < -0.39 is 16.2 Å². The average molecular weight is 310 g/mol. The van der Waals surface area contributed by atoms with Crippen LogP contribution in [0.25, 0.3) is 0 Å². The Morgan fingerprint density at radius 3 is 2.47 bits per heavy atom. The molecular weight excluding hydrogens is 303 g/mol. The summed E-state index contributed by atoms with van der Waals surface area (Å²) in [6.45, 7) is 0. The summed E-state index contributed by atoms with van der Waals surface area (Å²) in [6, 6.07) is 1.55. The van der Waals surface area contributed by atoms with Crippen molar-refractivity contribution < 1.29 is 12.6 Å². The standard InChI is InChI=1S/C7H7Cl3O3S2/c1-15(11,12)13-5(3-8)4-2-6(9)14-7(4)10/h2,5H,3H2,1H3. The maximum absolute atomic E-state index is 10.9. The van der Waals surface area contributed by atoms with Crippen molar-refractivity contribution >= 4 is 56.3 Å². The van der Waals surface area contributed by atoms with Crippen LogP contribution >= 0.6 is 46.1 Å². The number of rotatable bonds is 4. The summed E-state index contributed by atoms with van der Waals surface area (Å²) in [5.74, 6) is -0.0140. The highest BCUT2D eigenvalue weighted by atomic mass is 35.5. The van der Waals surface area contributed by atoms with E-state index in [4.69, 9.17) is 39.0 Å². The lowest BCUT2D eigenvalue weighted by atomic mass is 10.2. The Kier molecular flexibility index (Phi) is 4.70. The maximum atomic E-state index is 10.9. The SMILES string of the molecule is CS(=O)(=O)OC(CCl)c1cc(Cl)sc1Cl. The van der Waals surface area contributed by atoms with Gasteiger partial charge in [-0.3, -0.25) is 4.18 Å². The van der Waals surface area contributed by atoms with Crippen molar-refractivity contribution in [3.8, 4) is 0 Å². The molecule has 0 aromatic carbocycles. The minimum atomic E-state index is -3.57. The van der Waals surface area contributed by atoms with Crippen molar-refractivity contribution in [3.63, 3.8) is 0 Å². The van der Waals surface area contributed by atoms with Crippen LogP contribution in [0.15, 0.2) is 6.07 Å². The fourth-order valence-electron chi connectivity index (χ4n) is 0.944. The highest BCUT2D eigenvalue weighted by Gasteiger charge is 2.21. The molecule has 1 aromatic rings. The molecule has 0 radical (unpaired) electrons. The first-order chi connectivity index (χ1) is 6.83. The third-order valence-corrected chi connectivity index (χ3v) is 3.84. The zero-order chi connectivity index (χ0) is 11.6. The second kappa shape index (κ2) is 5.21. The van der Waals surface area contributed by atoms with Gasteiger partial charge in [0.05, 0.1) is 16.5 Å². The quantitative estimate of drug-likeness (QED) is 0.633. The Balaban J connectivity index is 2.98. The molecule has 1 unspecified atom stereocenters. The number of thiophene rings is 1. The van der Waals surface area contributed by atoms with Crippen LogP contribution in [0.3, 0.4) is 0 Å². The first-order valence-electron chi connectivity index (χ1n) is 3.72. The molecule has 3 nitrogen and oxygen atoms in total. The van der Waals surface area contributed by atoms with Crippen molar-refractivity contribution in [3.05, 3.63) is 20.3 Å². The third kappa shape index (κ3) is 4.09. The van der Waals surface area contributed by atoms with E-state index in [2.05, 4.69) is 0 Å². The van der Waals surface area contributed by atoms with Gasteiger partial charge in [0.1, 0.15) is 10.4 Å². The monoisotopic (exact) mass is 308 g/mol. The van der Waals surface area contributed by atoms with Crippen LogP contribution in [-0.4, -0.2) is 20.6 Å². The van der Waals surface area contributed by atoms with Gasteiger partial charge in [-0.25, -0.2) is 0 Å². The first kappa shape index (κ1) is 13.5. The Hall–Kier alpha value is 0.480. The van der Waals surface area contributed by atoms with Crippen LogP contribution in [-0.2, 0) is 14.3 Å². The van der Waals surface area contributed by atoms with Crippen LogP contribution in [0.1, 0.15) is 11.7 Å². The van der Waals surface area contributed by atoms with Gasteiger partial charge in [0.25, 0.3) is 10.1 Å². The molecule has 0 amide bonds. The molecule has 1 rings (SSSR count). The molecule has 0 N–H and O–H groups in total. The highest BCUT2D eigenvalue weighted by molar-refractivity contribution is 7.86. The van der Waals surface area contributed by atoms with Crippen molar-refractivity contribution in [1.82, 2.24) is 0 Å². The molecule has 0 fully saturated rings. The largest absolute Gasteiger partial charge is 0.265 e. The van der Waals surface area contributed by atoms with Gasteiger partial charge >= 0.3 is 0 Å². The molecule has 0 spiro atoms. The van der Waals surface area contributed by atoms with E-state index in [0.717, 1.165) is 17.6 Å². The molecule has 0 bridgehead atoms. The second-order valence-electron chi connectivity index (χ2n) is 2.72. The lowest BCUT2D eigenvalue weighted by Gasteiger charge is -2.11. The van der Waals surface area contributed by atoms with E-state index in [1.54, 1.807) is 6.07 Å². The van der Waals surface area contributed by atoms with Crippen LogP contribution in [0, 0.1) is 0 Å². The Morgan fingerprint density at radius 1 is 1.53 bits per heavy atom. The molecule has 0 saturated carbocycles. The predicted molar refractivity (Wildman–Crippen MR) is 63.7 cm³/mol. The smallest absolute Gasteiger partial charge is 0.261 e. The van der Waals surface area contributed by atoms with Gasteiger partial charge in [-0.05, 0) is 6.07 Å². The van der Waals surface area contributed by atoms with E-state index >= 15 is 0 Å². The van der Waals surface area contributed by atoms with E-state index in [1.807, 2.05) is 0 Å². The minimum Gasteiger partial charge on any atom is -0.261 e. The molecule has 0 aliphatic heterocycles. The van der Waals surface area contributed by atoms with Gasteiger partial charge in [0.15, 0.2) is 0 Å². The Bertz CT molecular complexity index is 440. The fraction of sp³-hybridized carbons (Fsp3) is 0.429. The molecule has 0 aliphatic carbocycles. The van der Waals surface area contributed by atoms with Gasteiger partial charge in [-0.15, -0.1) is 22.9 Å². The molecule has 1 aromatic heterocycles. The van der Waals surface area contributed by atoms with Crippen molar-refractivity contribution in [2.45, 2.75) is 6.10 Å². The predicted octanol–water partition coefficient (Wildman–Crippen LogP) is 3.31. The van der Waals surface area contributed by atoms with Gasteiger partial charge in [-0.2, -0.15) is 8.42 Å². The zero-order valence-electron chi connectivity index (χ0n) is 7.54. The lowest BCUT2D eigenvalue weighted by Crippen LogP contribution is -2.11. The van der Waals surface area contributed by atoms with Gasteiger partial charge in [-0.1, -0.05) is 23.2 Å². The average Bonchev–Trinajstić information content (AvgIpc) is 2.39. The first-order valence-corrected chi connectivity index (χ1v) is 7.65. The van der Waals surface area contributed by atoms with Crippen LogP contribution in [0.4, 0.5) is 0 Å². The number of hydrogen-bond acceptors (Lipinski definition) is 4. The topological polar surface area (TPSA) is 43.4 Å². The normalized spacial score (nSPS) is 14.1. The number of alkyl halides is 1. The molecule has 0 aliphatic rings. The van der Waals surface area contributed by atoms with Crippen molar-refractivity contribution in [2.75, 3.05) is 12.1 Å². The zero-order valence-corrected chi connectivity index (χ0v) is 11.4. The van der Waals surface area contributed by atoms with Gasteiger partial charge in [0, 0.05) is 5.56 Å². The van der Waals surface area contributed by atoms with Crippen LogP contribution in [0.5, 0.6) is 0 Å². The van der Waals surface area contributed by atoms with E-state index in [1.165, 1.54) is 0 Å². The van der Waals surface area contributed by atoms with Crippen LogP contribution in [0.2, 0.25) is 8.67 Å². The van der Waals surface area contributed by atoms with E-state index in [-0.39, 0.29) is 5.88 Å². The van der Waals surface area contributed by atoms with E-state index in [9.17, 15) is 8.42 Å². The summed E-state index contributed by atoms with van der Waals surface area (Å²) in [4.78, 5) is 0. The van der Waals surface area contributed by atoms with E-state index in [0.29, 0.717) is 14.2 Å². The molecule has 1 atom stereocenters. The summed E-state index contributed by atoms with van der Waals surface area (Å²) < 4.78 is 27.5. The third-order valence-electron chi connectivity index (χ3n) is 1.46. The lowest BCUT2D eigenvalue weighted by molar-refractivity contribution is 0.240. The summed E-state index contributed by atoms with van der Waals surface area (Å²) in [5, 5.41) is 0. The highest BCUT2D eigenvalue weighted by Crippen LogP contribution is 2.37. The molecule has 1 heterocycles. The van der Waals surface area contributed by atoms with Crippen molar-refractivity contribution in [2.24, 2.45) is 0 Å². The van der Waals surface area contributed by atoms with Gasteiger partial charge < -0.3 is 0 Å². The molecule has 0 saturated heterocycles. The maximum Gasteiger partial charge on any atom is 0.265 e. The number of halogens is 3. The summed E-state index contributed by atoms with van der Waals surface area (Å²) in [5.41, 5.74) is 0.493. The van der Waals surface area contributed by atoms with Crippen LogP contribution < -0.4 is 0 Å². The van der Waals surface area contributed by atoms with Crippen molar-refractivity contribution in [1.29, 1.82) is 0 Å². The number of hydrogen-bond donors (Lipinski definition) is 0. The summed E-state index contributed by atoms with van der Waals surface area (Å²) >= 11 is 18.3. The van der Waals surface area contributed by atoms with Gasteiger partial charge in [0.2, 0.25) is 0 Å². The second-order valence-corrected chi connectivity index (χ2v) is 6.92. The minimum absolute atomic E-state index is 0.0140. The summed E-state index contributed by atoms with van der Waals surface area (Å²) in [6.07, 6.45) is 0.159.